The minimum Gasteiger partial charge on any atom is -0.318 e. The van der Waals surface area contributed by atoms with Crippen molar-refractivity contribution in [3.63, 3.8) is 0 Å². The monoisotopic (exact) mass is 310 g/mol. The molecule has 0 saturated carbocycles. The van der Waals surface area contributed by atoms with Gasteiger partial charge in [-0.15, -0.1) is 0 Å². The van der Waals surface area contributed by atoms with Crippen LogP contribution in [0.5, 0.6) is 0 Å². The first-order valence-corrected chi connectivity index (χ1v) is 7.68. The fourth-order valence-electron chi connectivity index (χ4n) is 2.59. The molecule has 0 fully saturated rings. The maximum atomic E-state index is 12.5. The maximum Gasteiger partial charge on any atom is 0.316 e. The van der Waals surface area contributed by atoms with E-state index in [1.54, 1.807) is 0 Å². The lowest BCUT2D eigenvalue weighted by molar-refractivity contribution is -0.134. The minimum atomic E-state index is -0.627. The molecular weight excluding hydrogens is 288 g/mol. The van der Waals surface area contributed by atoms with Crippen LogP contribution in [-0.2, 0) is 9.59 Å². The fourth-order valence-corrected chi connectivity index (χ4v) is 2.59. The molecule has 2 aromatic carbocycles. The van der Waals surface area contributed by atoms with Crippen molar-refractivity contribution in [2.75, 3.05) is 16.8 Å². The van der Waals surface area contributed by atoms with E-state index in [2.05, 4.69) is 5.32 Å². The lowest BCUT2D eigenvalue weighted by Gasteiger charge is -2.21. The second-order valence-electron chi connectivity index (χ2n) is 5.72. The van der Waals surface area contributed by atoms with Crippen molar-refractivity contribution in [2.45, 2.75) is 27.7 Å². The van der Waals surface area contributed by atoms with E-state index in [9.17, 15) is 9.59 Å². The van der Waals surface area contributed by atoms with Crippen molar-refractivity contribution in [3.8, 4) is 0 Å². The summed E-state index contributed by atoms with van der Waals surface area (Å²) in [6.45, 7) is 8.15. The number of amides is 2. The highest BCUT2D eigenvalue weighted by atomic mass is 16.2. The zero-order valence-corrected chi connectivity index (χ0v) is 14.0. The number of hydrogen-bond acceptors (Lipinski definition) is 2. The third kappa shape index (κ3) is 4.19. The lowest BCUT2D eigenvalue weighted by atomic mass is 10.1. The highest BCUT2D eigenvalue weighted by molar-refractivity contribution is 6.44. The van der Waals surface area contributed by atoms with Crippen LogP contribution >= 0.6 is 0 Å². The number of nitrogens with one attached hydrogen (secondary N) is 1. The fraction of sp³-hybridized carbons (Fsp3) is 0.263. The van der Waals surface area contributed by atoms with E-state index in [0.29, 0.717) is 12.2 Å². The number of nitrogens with zero attached hydrogens (tertiary/aromatic N) is 1. The van der Waals surface area contributed by atoms with E-state index in [1.165, 1.54) is 4.90 Å². The Labute approximate surface area is 137 Å². The summed E-state index contributed by atoms with van der Waals surface area (Å²) in [6, 6.07) is 13.3. The van der Waals surface area contributed by atoms with Gasteiger partial charge in [0.05, 0.1) is 0 Å². The summed E-state index contributed by atoms with van der Waals surface area (Å²) in [4.78, 5) is 26.2. The van der Waals surface area contributed by atoms with E-state index >= 15 is 0 Å². The van der Waals surface area contributed by atoms with Crippen molar-refractivity contribution in [1.82, 2.24) is 0 Å². The summed E-state index contributed by atoms with van der Waals surface area (Å²) in [6.07, 6.45) is 0. The quantitative estimate of drug-likeness (QED) is 0.881. The molecule has 0 aromatic heterocycles. The van der Waals surface area contributed by atoms with Crippen molar-refractivity contribution in [2.24, 2.45) is 0 Å². The molecule has 2 amide bonds. The summed E-state index contributed by atoms with van der Waals surface area (Å²) in [7, 11) is 0. The summed E-state index contributed by atoms with van der Waals surface area (Å²) in [5.74, 6) is -1.18. The number of hydrogen-bond donors (Lipinski definition) is 1. The molecule has 2 rings (SSSR count). The largest absolute Gasteiger partial charge is 0.318 e. The molecule has 0 radical (unpaired) electrons. The molecule has 4 heteroatoms. The smallest absolute Gasteiger partial charge is 0.316 e. The van der Waals surface area contributed by atoms with Gasteiger partial charge in [-0.25, -0.2) is 0 Å². The van der Waals surface area contributed by atoms with E-state index in [4.69, 9.17) is 0 Å². The Morgan fingerprint density at radius 1 is 0.957 bits per heavy atom. The average molecular weight is 310 g/mol. The van der Waals surface area contributed by atoms with E-state index in [0.717, 1.165) is 22.4 Å². The first kappa shape index (κ1) is 16.7. The van der Waals surface area contributed by atoms with Gasteiger partial charge >= 0.3 is 11.8 Å². The Morgan fingerprint density at radius 2 is 1.61 bits per heavy atom. The molecule has 0 heterocycles. The summed E-state index contributed by atoms with van der Waals surface area (Å²) >= 11 is 0. The molecule has 0 atom stereocenters. The van der Waals surface area contributed by atoms with Crippen LogP contribution in [0.3, 0.4) is 0 Å². The molecule has 1 N–H and O–H groups in total. The molecule has 4 nitrogen and oxygen atoms in total. The molecule has 0 unspecified atom stereocenters. The highest BCUT2D eigenvalue weighted by Crippen LogP contribution is 2.17. The molecular formula is C19H22N2O2. The van der Waals surface area contributed by atoms with Crippen LogP contribution in [0.25, 0.3) is 0 Å². The van der Waals surface area contributed by atoms with E-state index in [1.807, 2.05) is 70.2 Å². The Kier molecular flexibility index (Phi) is 5.16. The summed E-state index contributed by atoms with van der Waals surface area (Å²) in [5, 5.41) is 2.69. The summed E-state index contributed by atoms with van der Waals surface area (Å²) in [5.41, 5.74) is 4.50. The van der Waals surface area contributed by atoms with Gasteiger partial charge in [-0.3, -0.25) is 9.59 Å². The first-order valence-electron chi connectivity index (χ1n) is 7.68. The number of benzene rings is 2. The van der Waals surface area contributed by atoms with Gasteiger partial charge < -0.3 is 10.2 Å². The molecule has 120 valence electrons. The van der Waals surface area contributed by atoms with E-state index < -0.39 is 11.8 Å². The molecule has 0 spiro atoms. The van der Waals surface area contributed by atoms with Gasteiger partial charge in [0.2, 0.25) is 0 Å². The number of carbonyl (C=O) groups is 2. The first-order chi connectivity index (χ1) is 10.9. The number of anilines is 2. The van der Waals surface area contributed by atoms with Crippen molar-refractivity contribution in [3.05, 3.63) is 59.2 Å². The Hall–Kier alpha value is -2.62. The Morgan fingerprint density at radius 3 is 2.17 bits per heavy atom. The zero-order valence-electron chi connectivity index (χ0n) is 14.0. The maximum absolute atomic E-state index is 12.5. The second-order valence-corrected chi connectivity index (χ2v) is 5.72. The summed E-state index contributed by atoms with van der Waals surface area (Å²) < 4.78 is 0. The van der Waals surface area contributed by atoms with Crippen LogP contribution in [-0.4, -0.2) is 18.4 Å². The van der Waals surface area contributed by atoms with Crippen LogP contribution < -0.4 is 10.2 Å². The molecule has 0 bridgehead atoms. The lowest BCUT2D eigenvalue weighted by Crippen LogP contribution is -2.39. The average Bonchev–Trinajstić information content (AvgIpc) is 2.46. The van der Waals surface area contributed by atoms with Crippen LogP contribution in [0.1, 0.15) is 23.6 Å². The standard InChI is InChI=1S/C19H22N2O2/c1-5-21(17-8-6-7-13(2)12-17)19(23)18(22)20-16-10-14(3)9-15(4)11-16/h6-12H,5H2,1-4H3,(H,20,22). The Balaban J connectivity index is 2.18. The number of carbonyl (C=O) groups excluding carboxylic acids is 2. The number of likely N-dealkylation sites (N-methyl/N-ethyl adjacent to an activating group) is 1. The van der Waals surface area contributed by atoms with Gasteiger partial charge in [0.1, 0.15) is 0 Å². The molecule has 0 aliphatic carbocycles. The van der Waals surface area contributed by atoms with Gasteiger partial charge in [-0.1, -0.05) is 18.2 Å². The van der Waals surface area contributed by atoms with Gasteiger partial charge in [0, 0.05) is 17.9 Å². The van der Waals surface area contributed by atoms with Gasteiger partial charge in [-0.05, 0) is 68.7 Å². The highest BCUT2D eigenvalue weighted by Gasteiger charge is 2.22. The normalized spacial score (nSPS) is 10.3. The van der Waals surface area contributed by atoms with Crippen LogP contribution in [0.2, 0.25) is 0 Å². The minimum absolute atomic E-state index is 0.433. The Bertz CT molecular complexity index is 718. The van der Waals surface area contributed by atoms with Gasteiger partial charge in [-0.2, -0.15) is 0 Å². The molecule has 0 aliphatic rings. The molecule has 0 aliphatic heterocycles. The third-order valence-corrected chi connectivity index (χ3v) is 3.55. The predicted octanol–water partition coefficient (Wildman–Crippen LogP) is 3.60. The van der Waals surface area contributed by atoms with E-state index in [-0.39, 0.29) is 0 Å². The number of rotatable bonds is 3. The van der Waals surface area contributed by atoms with Crippen molar-refractivity contribution < 1.29 is 9.59 Å². The molecule has 0 saturated heterocycles. The van der Waals surface area contributed by atoms with Gasteiger partial charge in [0.25, 0.3) is 0 Å². The third-order valence-electron chi connectivity index (χ3n) is 3.55. The topological polar surface area (TPSA) is 49.4 Å². The van der Waals surface area contributed by atoms with Crippen LogP contribution in [0, 0.1) is 20.8 Å². The molecule has 23 heavy (non-hydrogen) atoms. The SMILES string of the molecule is CCN(C(=O)C(=O)Nc1cc(C)cc(C)c1)c1cccc(C)c1. The van der Waals surface area contributed by atoms with Crippen molar-refractivity contribution in [1.29, 1.82) is 0 Å². The predicted molar refractivity (Wildman–Crippen MR) is 93.8 cm³/mol. The molecule has 2 aromatic rings. The van der Waals surface area contributed by atoms with Crippen LogP contribution in [0.15, 0.2) is 42.5 Å². The van der Waals surface area contributed by atoms with Crippen molar-refractivity contribution >= 4 is 23.2 Å². The number of aryl methyl sites for hydroxylation is 3. The second kappa shape index (κ2) is 7.09. The zero-order chi connectivity index (χ0) is 17.0. The van der Waals surface area contributed by atoms with Crippen LogP contribution in [0.4, 0.5) is 11.4 Å². The van der Waals surface area contributed by atoms with Gasteiger partial charge in [0.15, 0.2) is 0 Å².